The molecule has 1 unspecified atom stereocenters. The lowest BCUT2D eigenvalue weighted by atomic mass is 10.1. The Balaban J connectivity index is 3.68. The van der Waals surface area contributed by atoms with Crippen molar-refractivity contribution in [2.45, 2.75) is 51.6 Å². The summed E-state index contributed by atoms with van der Waals surface area (Å²) in [6.07, 6.45) is 7.69. The van der Waals surface area contributed by atoms with E-state index in [1.54, 1.807) is 0 Å². The molecule has 0 aliphatic carbocycles. The molecule has 0 amide bonds. The molecular weight excluding hydrogens is 244 g/mol. The van der Waals surface area contributed by atoms with E-state index in [4.69, 9.17) is 9.47 Å². The summed E-state index contributed by atoms with van der Waals surface area (Å²) in [7, 11) is 0. The third-order valence-electron chi connectivity index (χ3n) is 2.64. The quantitative estimate of drug-likeness (QED) is 0.328. The van der Waals surface area contributed by atoms with E-state index in [0.717, 1.165) is 44.6 Å². The molecule has 0 spiro atoms. The molecule has 0 fully saturated rings. The Labute approximate surface area is 115 Å². The zero-order valence-corrected chi connectivity index (χ0v) is 11.7. The monoisotopic (exact) mass is 268 g/mol. The first-order valence-corrected chi connectivity index (χ1v) is 6.76. The first-order chi connectivity index (χ1) is 9.13. The van der Waals surface area contributed by atoms with Crippen molar-refractivity contribution < 1.29 is 19.1 Å². The normalized spacial score (nSPS) is 11.4. The second-order valence-corrected chi connectivity index (χ2v) is 4.27. The van der Waals surface area contributed by atoms with Gasteiger partial charge in [0.25, 0.3) is 0 Å². The lowest BCUT2D eigenvalue weighted by molar-refractivity contribution is -0.144. The van der Waals surface area contributed by atoms with Crippen molar-refractivity contribution in [1.82, 2.24) is 0 Å². The largest absolute Gasteiger partial charge is 0.463 e. The van der Waals surface area contributed by atoms with Gasteiger partial charge in [0, 0.05) is 12.2 Å². The van der Waals surface area contributed by atoms with Crippen LogP contribution in [0.3, 0.4) is 0 Å². The Morgan fingerprint density at radius 1 is 1.05 bits per heavy atom. The van der Waals surface area contributed by atoms with Crippen molar-refractivity contribution in [1.29, 1.82) is 0 Å². The maximum absolute atomic E-state index is 11.1. The van der Waals surface area contributed by atoms with Crippen LogP contribution in [-0.2, 0) is 19.1 Å². The molecule has 0 aliphatic rings. The Morgan fingerprint density at radius 3 is 2.32 bits per heavy atom. The zero-order valence-electron chi connectivity index (χ0n) is 11.7. The fourth-order valence-corrected chi connectivity index (χ4v) is 1.68. The van der Waals surface area contributed by atoms with E-state index < -0.39 is 0 Å². The van der Waals surface area contributed by atoms with Gasteiger partial charge in [0.05, 0.1) is 6.61 Å². The molecule has 0 saturated carbocycles. The summed E-state index contributed by atoms with van der Waals surface area (Å²) >= 11 is 0. The summed E-state index contributed by atoms with van der Waals surface area (Å²) in [6, 6.07) is 0. The molecule has 19 heavy (non-hydrogen) atoms. The van der Waals surface area contributed by atoms with Crippen LogP contribution in [-0.4, -0.2) is 24.6 Å². The van der Waals surface area contributed by atoms with Crippen molar-refractivity contribution >= 4 is 11.9 Å². The first-order valence-electron chi connectivity index (χ1n) is 6.76. The average molecular weight is 268 g/mol. The van der Waals surface area contributed by atoms with Crippen LogP contribution >= 0.6 is 0 Å². The van der Waals surface area contributed by atoms with Crippen molar-refractivity contribution in [2.24, 2.45) is 0 Å². The highest BCUT2D eigenvalue weighted by Gasteiger charge is 2.11. The van der Waals surface area contributed by atoms with Gasteiger partial charge in [-0.1, -0.05) is 26.5 Å². The molecule has 0 N–H and O–H groups in total. The lowest BCUT2D eigenvalue weighted by Crippen LogP contribution is -2.16. The molecule has 0 saturated heterocycles. The Kier molecular flexibility index (Phi) is 10.6. The summed E-state index contributed by atoms with van der Waals surface area (Å²) in [5.74, 6) is -0.748. The van der Waals surface area contributed by atoms with Gasteiger partial charge in [-0.15, -0.1) is 0 Å². The van der Waals surface area contributed by atoms with Crippen LogP contribution in [0.1, 0.15) is 45.4 Å². The van der Waals surface area contributed by atoms with E-state index >= 15 is 0 Å². The molecule has 108 valence electrons. The van der Waals surface area contributed by atoms with Crippen molar-refractivity contribution in [3.63, 3.8) is 0 Å². The summed E-state index contributed by atoms with van der Waals surface area (Å²) in [5.41, 5.74) is 0. The van der Waals surface area contributed by atoms with Gasteiger partial charge in [-0.05, 0) is 32.1 Å². The molecule has 1 atom stereocenters. The van der Waals surface area contributed by atoms with Gasteiger partial charge in [0.1, 0.15) is 6.10 Å². The molecule has 0 rings (SSSR count). The Morgan fingerprint density at radius 2 is 1.74 bits per heavy atom. The topological polar surface area (TPSA) is 52.6 Å². The van der Waals surface area contributed by atoms with Crippen molar-refractivity contribution in [3.05, 3.63) is 25.3 Å². The summed E-state index contributed by atoms with van der Waals surface area (Å²) < 4.78 is 10.1. The number of ether oxygens (including phenoxy) is 2. The van der Waals surface area contributed by atoms with Crippen LogP contribution in [0.25, 0.3) is 0 Å². The van der Waals surface area contributed by atoms with Crippen LogP contribution < -0.4 is 0 Å². The van der Waals surface area contributed by atoms with Crippen LogP contribution in [0.15, 0.2) is 25.3 Å². The zero-order chi connectivity index (χ0) is 14.5. The Bertz CT molecular complexity index is 297. The Hall–Kier alpha value is -1.58. The van der Waals surface area contributed by atoms with Crippen LogP contribution in [0, 0.1) is 0 Å². The van der Waals surface area contributed by atoms with Crippen LogP contribution in [0.4, 0.5) is 0 Å². The lowest BCUT2D eigenvalue weighted by Gasteiger charge is -2.16. The van der Waals surface area contributed by atoms with Gasteiger partial charge in [-0.2, -0.15) is 0 Å². The molecule has 0 radical (unpaired) electrons. The fraction of sp³-hybridized carbons (Fsp3) is 0.600. The van der Waals surface area contributed by atoms with Gasteiger partial charge >= 0.3 is 11.9 Å². The molecule has 0 bridgehead atoms. The maximum Gasteiger partial charge on any atom is 0.330 e. The van der Waals surface area contributed by atoms with E-state index in [2.05, 4.69) is 20.1 Å². The minimum Gasteiger partial charge on any atom is -0.463 e. The SMILES string of the molecule is C=CC(=O)OCCCCCC(CCC)OC(=O)C=C. The van der Waals surface area contributed by atoms with Crippen LogP contribution in [0.2, 0.25) is 0 Å². The number of hydrogen-bond acceptors (Lipinski definition) is 4. The van der Waals surface area contributed by atoms with Crippen molar-refractivity contribution in [2.75, 3.05) is 6.61 Å². The number of carbonyl (C=O) groups is 2. The molecule has 0 aromatic rings. The van der Waals surface area contributed by atoms with E-state index in [1.807, 2.05) is 0 Å². The third kappa shape index (κ3) is 10.1. The highest BCUT2D eigenvalue weighted by atomic mass is 16.5. The number of carbonyl (C=O) groups excluding carboxylic acids is 2. The smallest absolute Gasteiger partial charge is 0.330 e. The molecule has 0 aliphatic heterocycles. The summed E-state index contributed by atoms with van der Waals surface area (Å²) in [5, 5.41) is 0. The number of esters is 2. The van der Waals surface area contributed by atoms with Gasteiger partial charge in [-0.25, -0.2) is 9.59 Å². The highest BCUT2D eigenvalue weighted by molar-refractivity contribution is 5.81. The fourth-order valence-electron chi connectivity index (χ4n) is 1.68. The van der Waals surface area contributed by atoms with Gasteiger partial charge in [-0.3, -0.25) is 0 Å². The first kappa shape index (κ1) is 17.4. The number of hydrogen-bond donors (Lipinski definition) is 0. The minimum atomic E-state index is -0.385. The standard InChI is InChI=1S/C15H24O4/c1-4-10-13(19-15(17)6-3)11-8-7-9-12-18-14(16)5-2/h5-6,13H,2-4,7-12H2,1H3. The van der Waals surface area contributed by atoms with Crippen LogP contribution in [0.5, 0.6) is 0 Å². The van der Waals surface area contributed by atoms with Gasteiger partial charge in [0.15, 0.2) is 0 Å². The molecule has 0 heterocycles. The number of rotatable bonds is 11. The molecular formula is C15H24O4. The van der Waals surface area contributed by atoms with E-state index in [1.165, 1.54) is 6.08 Å². The van der Waals surface area contributed by atoms with Gasteiger partial charge < -0.3 is 9.47 Å². The average Bonchev–Trinajstić information content (AvgIpc) is 2.42. The summed E-state index contributed by atoms with van der Waals surface area (Å²) in [6.45, 7) is 9.18. The van der Waals surface area contributed by atoms with Gasteiger partial charge in [0.2, 0.25) is 0 Å². The van der Waals surface area contributed by atoms with E-state index in [9.17, 15) is 9.59 Å². The minimum absolute atomic E-state index is 0.0359. The predicted molar refractivity (Wildman–Crippen MR) is 74.6 cm³/mol. The number of unbranched alkanes of at least 4 members (excludes halogenated alkanes) is 2. The second-order valence-electron chi connectivity index (χ2n) is 4.27. The predicted octanol–water partition coefficient (Wildman–Crippen LogP) is 3.17. The highest BCUT2D eigenvalue weighted by Crippen LogP contribution is 2.12. The second kappa shape index (κ2) is 11.5. The third-order valence-corrected chi connectivity index (χ3v) is 2.64. The molecule has 4 heteroatoms. The summed E-state index contributed by atoms with van der Waals surface area (Å²) in [4.78, 5) is 21.9. The molecule has 0 aromatic carbocycles. The van der Waals surface area contributed by atoms with E-state index in [-0.39, 0.29) is 18.0 Å². The molecule has 0 aromatic heterocycles. The van der Waals surface area contributed by atoms with E-state index in [0.29, 0.717) is 6.61 Å². The maximum atomic E-state index is 11.1. The molecule has 4 nitrogen and oxygen atoms in total. The van der Waals surface area contributed by atoms with Crippen molar-refractivity contribution in [3.8, 4) is 0 Å².